The zero-order valence-electron chi connectivity index (χ0n) is 28.6. The summed E-state index contributed by atoms with van der Waals surface area (Å²) in [7, 11) is 0. The minimum Gasteiger partial charge on any atom is -0.490 e. The predicted molar refractivity (Wildman–Crippen MR) is 184 cm³/mol. The van der Waals surface area contributed by atoms with E-state index >= 15 is 0 Å². The first kappa shape index (κ1) is 33.4. The number of hydrogen-bond donors (Lipinski definition) is 2. The summed E-state index contributed by atoms with van der Waals surface area (Å²) in [4.78, 5) is 50.2. The lowest BCUT2D eigenvalue weighted by atomic mass is 9.83. The van der Waals surface area contributed by atoms with Crippen LogP contribution in [0.2, 0.25) is 0 Å². The van der Waals surface area contributed by atoms with Crippen molar-refractivity contribution >= 4 is 17.7 Å². The highest BCUT2D eigenvalue weighted by molar-refractivity contribution is 6.05. The van der Waals surface area contributed by atoms with Crippen molar-refractivity contribution in [2.45, 2.75) is 108 Å². The first-order valence-corrected chi connectivity index (χ1v) is 17.9. The van der Waals surface area contributed by atoms with Gasteiger partial charge < -0.3 is 14.7 Å². The van der Waals surface area contributed by atoms with Crippen molar-refractivity contribution in [3.05, 3.63) is 88.5 Å². The second-order valence-corrected chi connectivity index (χ2v) is 14.8. The zero-order chi connectivity index (χ0) is 34.1. The highest BCUT2D eigenvalue weighted by Gasteiger charge is 2.41. The van der Waals surface area contributed by atoms with Gasteiger partial charge in [0.25, 0.3) is 5.91 Å². The molecule has 0 radical (unpaired) electrons. The lowest BCUT2D eigenvalue weighted by Gasteiger charge is -2.38. The Morgan fingerprint density at radius 1 is 0.959 bits per heavy atom. The maximum Gasteiger partial charge on any atom is 0.255 e. The minimum absolute atomic E-state index is 0.198. The lowest BCUT2D eigenvalue weighted by molar-refractivity contribution is -0.136. The number of hydrogen-bond acceptors (Lipinski definition) is 8. The Labute approximate surface area is 288 Å². The van der Waals surface area contributed by atoms with Crippen LogP contribution in [0.1, 0.15) is 110 Å². The van der Waals surface area contributed by atoms with Gasteiger partial charge in [-0.25, -0.2) is 9.97 Å². The van der Waals surface area contributed by atoms with Crippen molar-refractivity contribution in [1.82, 2.24) is 25.1 Å². The fourth-order valence-electron chi connectivity index (χ4n) is 7.84. The van der Waals surface area contributed by atoms with Crippen LogP contribution in [0.25, 0.3) is 0 Å². The van der Waals surface area contributed by atoms with Gasteiger partial charge >= 0.3 is 0 Å². The predicted octanol–water partition coefficient (Wildman–Crippen LogP) is 5.02. The van der Waals surface area contributed by atoms with Crippen molar-refractivity contribution in [2.75, 3.05) is 13.1 Å². The fourth-order valence-corrected chi connectivity index (χ4v) is 7.84. The van der Waals surface area contributed by atoms with E-state index in [1.807, 2.05) is 24.5 Å². The summed E-state index contributed by atoms with van der Waals surface area (Å²) in [6.45, 7) is 6.94. The van der Waals surface area contributed by atoms with Crippen LogP contribution in [0.15, 0.2) is 54.9 Å². The van der Waals surface area contributed by atoms with E-state index in [0.29, 0.717) is 43.2 Å². The van der Waals surface area contributed by atoms with Gasteiger partial charge in [0.1, 0.15) is 17.6 Å². The molecule has 4 heterocycles. The van der Waals surface area contributed by atoms with Crippen LogP contribution in [-0.2, 0) is 34.7 Å². The third kappa shape index (κ3) is 7.40. The van der Waals surface area contributed by atoms with E-state index in [2.05, 4.69) is 58.3 Å². The smallest absolute Gasteiger partial charge is 0.255 e. The number of likely N-dealkylation sites (tertiary alicyclic amines) is 1. The molecule has 1 unspecified atom stereocenters. The third-order valence-corrected chi connectivity index (χ3v) is 11.0. The van der Waals surface area contributed by atoms with Crippen LogP contribution in [-0.4, -0.2) is 67.8 Å². The number of carbonyl (C=O) groups excluding carboxylic acids is 3. The molecule has 4 aliphatic rings. The number of benzene rings is 2. The summed E-state index contributed by atoms with van der Waals surface area (Å²) in [6.07, 6.45) is 11.2. The number of imide groups is 1. The van der Waals surface area contributed by atoms with E-state index in [1.165, 1.54) is 11.1 Å². The van der Waals surface area contributed by atoms with Crippen LogP contribution in [0.3, 0.4) is 0 Å². The Morgan fingerprint density at radius 2 is 1.67 bits per heavy atom. The van der Waals surface area contributed by atoms with Crippen molar-refractivity contribution in [1.29, 1.82) is 0 Å². The van der Waals surface area contributed by atoms with E-state index in [-0.39, 0.29) is 24.3 Å². The molecule has 3 amide bonds. The molecular weight excluding hydrogens is 618 g/mol. The summed E-state index contributed by atoms with van der Waals surface area (Å²) in [5.74, 6) is 2.01. The maximum atomic E-state index is 13.1. The average Bonchev–Trinajstić information content (AvgIpc) is 3.43. The number of aliphatic hydroxyl groups is 1. The Bertz CT molecular complexity index is 1670. The normalized spacial score (nSPS) is 24.2. The first-order valence-electron chi connectivity index (χ1n) is 17.9. The number of aromatic nitrogens is 2. The molecule has 2 aromatic carbocycles. The molecule has 0 spiro atoms. The molecule has 2 N–H and O–H groups in total. The molecule has 1 saturated carbocycles. The molecule has 1 aromatic heterocycles. The summed E-state index contributed by atoms with van der Waals surface area (Å²) in [6, 6.07) is 13.4. The minimum atomic E-state index is -0.973. The van der Waals surface area contributed by atoms with Crippen molar-refractivity contribution in [3.8, 4) is 5.75 Å². The van der Waals surface area contributed by atoms with Crippen LogP contribution >= 0.6 is 0 Å². The van der Waals surface area contributed by atoms with E-state index in [4.69, 9.17) is 4.74 Å². The van der Waals surface area contributed by atoms with Crippen LogP contribution < -0.4 is 10.1 Å². The molecule has 10 nitrogen and oxygen atoms in total. The zero-order valence-corrected chi connectivity index (χ0v) is 28.6. The molecule has 3 aromatic rings. The fraction of sp³-hybridized carbons (Fsp3) is 0.513. The van der Waals surface area contributed by atoms with Gasteiger partial charge in [0.05, 0.1) is 11.7 Å². The molecule has 258 valence electrons. The van der Waals surface area contributed by atoms with Crippen LogP contribution in [0, 0.1) is 5.92 Å². The van der Waals surface area contributed by atoms with Crippen molar-refractivity contribution < 1.29 is 24.2 Å². The van der Waals surface area contributed by atoms with E-state index in [1.54, 1.807) is 11.0 Å². The summed E-state index contributed by atoms with van der Waals surface area (Å²) in [5.41, 5.74) is 3.62. The van der Waals surface area contributed by atoms with Gasteiger partial charge in [-0.2, -0.15) is 0 Å². The topological polar surface area (TPSA) is 125 Å². The molecule has 1 atom stereocenters. The van der Waals surface area contributed by atoms with Crippen molar-refractivity contribution in [2.24, 2.45) is 5.92 Å². The first-order chi connectivity index (χ1) is 23.6. The second-order valence-electron chi connectivity index (χ2n) is 14.8. The van der Waals surface area contributed by atoms with E-state index in [9.17, 15) is 19.5 Å². The number of rotatable bonds is 9. The SMILES string of the molecule is CC(C)c1cnc(CC2CCC(Oc3ccc(CN4CCC(O)(c5ccc6c(c5)CN(C5CCC(=O)NC5=O)C6=O)CC4)cc3)CC2)nc1. The number of piperidine rings is 2. The molecule has 10 heteroatoms. The Hall–Kier alpha value is -4.15. The Morgan fingerprint density at radius 3 is 2.35 bits per heavy atom. The van der Waals surface area contributed by atoms with Crippen LogP contribution in [0.5, 0.6) is 5.75 Å². The lowest BCUT2D eigenvalue weighted by Crippen LogP contribution is -2.52. The van der Waals surface area contributed by atoms with Gasteiger partial charge in [0, 0.05) is 57.0 Å². The van der Waals surface area contributed by atoms with Crippen LogP contribution in [0.4, 0.5) is 0 Å². The molecule has 3 aliphatic heterocycles. The number of nitrogens with one attached hydrogen (secondary N) is 1. The second kappa shape index (κ2) is 14.0. The van der Waals surface area contributed by atoms with E-state index in [0.717, 1.165) is 74.4 Å². The van der Waals surface area contributed by atoms with Gasteiger partial charge in [0.15, 0.2) is 0 Å². The number of carbonyl (C=O) groups is 3. The summed E-state index contributed by atoms with van der Waals surface area (Å²) >= 11 is 0. The molecule has 2 saturated heterocycles. The van der Waals surface area contributed by atoms with Gasteiger partial charge in [-0.05, 0) is 97.2 Å². The quantitative estimate of drug-likeness (QED) is 0.305. The van der Waals surface area contributed by atoms with Gasteiger partial charge in [0.2, 0.25) is 11.8 Å². The highest BCUT2D eigenvalue weighted by atomic mass is 16.5. The van der Waals surface area contributed by atoms with Gasteiger partial charge in [-0.1, -0.05) is 38.1 Å². The molecule has 1 aliphatic carbocycles. The summed E-state index contributed by atoms with van der Waals surface area (Å²) in [5, 5.41) is 14.0. The van der Waals surface area contributed by atoms with Crippen molar-refractivity contribution in [3.63, 3.8) is 0 Å². The number of amides is 3. The Kier molecular flexibility index (Phi) is 9.53. The molecule has 49 heavy (non-hydrogen) atoms. The highest BCUT2D eigenvalue weighted by Crippen LogP contribution is 2.37. The molecule has 0 bridgehead atoms. The Balaban J connectivity index is 0.867. The van der Waals surface area contributed by atoms with Gasteiger partial charge in [-0.15, -0.1) is 0 Å². The average molecular weight is 666 g/mol. The molecule has 3 fully saturated rings. The molecule has 7 rings (SSSR count). The number of nitrogens with zero attached hydrogens (tertiary/aromatic N) is 4. The summed E-state index contributed by atoms with van der Waals surface area (Å²) < 4.78 is 6.37. The van der Waals surface area contributed by atoms with Gasteiger partial charge in [-0.3, -0.25) is 24.6 Å². The maximum absolute atomic E-state index is 13.1. The number of fused-ring (bicyclic) bond motifs is 1. The number of ether oxygens (including phenoxy) is 1. The largest absolute Gasteiger partial charge is 0.490 e. The monoisotopic (exact) mass is 665 g/mol. The molecular formula is C39H47N5O5. The third-order valence-electron chi connectivity index (χ3n) is 11.0. The van der Waals surface area contributed by atoms with E-state index < -0.39 is 17.6 Å². The standard InChI is InChI=1S/C39H47N5O5/c1-25(2)29-21-40-35(41-22-29)19-26-3-8-31(9-4-26)49-32-10-5-27(6-11-32)23-43-17-15-39(48,16-18-43)30-7-12-33-28(20-30)24-44(38(33)47)34-13-14-36(45)42-37(34)46/h5-7,10-12,20-22,25-26,31,34,48H,3-4,8-9,13-19,23-24H2,1-2H3,(H,42,45,46).